The first-order valence-corrected chi connectivity index (χ1v) is 2.43. The van der Waals surface area contributed by atoms with Crippen molar-refractivity contribution < 1.29 is 9.73 Å². The molecule has 1 heterocycles. The molecule has 54 valence electrons. The minimum atomic E-state index is -0.112. The third kappa shape index (κ3) is 0.859. The van der Waals surface area contributed by atoms with Gasteiger partial charge in [0.25, 0.3) is 0 Å². The zero-order valence-corrected chi connectivity index (χ0v) is 4.98. The smallest absolute Gasteiger partial charge is 0.177 e. The molecular weight excluding hydrogens is 136 g/mol. The number of anilines is 1. The zero-order chi connectivity index (χ0) is 7.56. The Balaban J connectivity index is 3.05. The number of amidine groups is 1. The van der Waals surface area contributed by atoms with Crippen molar-refractivity contribution in [3.05, 3.63) is 11.8 Å². The van der Waals surface area contributed by atoms with Gasteiger partial charge >= 0.3 is 0 Å². The van der Waals surface area contributed by atoms with Crippen LogP contribution in [0, 0.1) is 0 Å². The first-order valence-electron chi connectivity index (χ1n) is 2.43. The van der Waals surface area contributed by atoms with Crippen LogP contribution in [0.1, 0.15) is 5.56 Å². The van der Waals surface area contributed by atoms with Gasteiger partial charge in [-0.15, -0.1) is 0 Å². The minimum Gasteiger partial charge on any atom is -0.409 e. The molecule has 0 fully saturated rings. The van der Waals surface area contributed by atoms with Gasteiger partial charge in [0.2, 0.25) is 0 Å². The first-order chi connectivity index (χ1) is 4.75. The van der Waals surface area contributed by atoms with Crippen LogP contribution in [0.25, 0.3) is 0 Å². The fraction of sp³-hybridized carbons (Fsp3) is 0. The standard InChI is InChI=1S/C4H6N4O2/c5-3(7-9)2-1-10-8-4(2)6/h1,9H,(H2,5,7)(H2,6,8). The molecular formula is C4H6N4O2. The fourth-order valence-electron chi connectivity index (χ4n) is 0.491. The molecule has 0 saturated carbocycles. The van der Waals surface area contributed by atoms with E-state index in [-0.39, 0.29) is 11.7 Å². The van der Waals surface area contributed by atoms with Crippen molar-refractivity contribution in [2.75, 3.05) is 5.73 Å². The summed E-state index contributed by atoms with van der Waals surface area (Å²) in [5.41, 5.74) is 10.7. The molecule has 0 spiro atoms. The van der Waals surface area contributed by atoms with E-state index < -0.39 is 0 Å². The molecule has 0 aliphatic carbocycles. The molecule has 6 nitrogen and oxygen atoms in total. The highest BCUT2D eigenvalue weighted by Gasteiger charge is 2.07. The van der Waals surface area contributed by atoms with Crippen LogP contribution in [0.4, 0.5) is 5.82 Å². The lowest BCUT2D eigenvalue weighted by molar-refractivity contribution is 0.318. The number of rotatable bonds is 1. The second-order valence-electron chi connectivity index (χ2n) is 1.60. The molecule has 6 heteroatoms. The monoisotopic (exact) mass is 142 g/mol. The van der Waals surface area contributed by atoms with E-state index in [1.165, 1.54) is 6.26 Å². The Hall–Kier alpha value is -1.72. The number of hydrogen-bond acceptors (Lipinski definition) is 5. The van der Waals surface area contributed by atoms with Crippen LogP contribution in [0.3, 0.4) is 0 Å². The lowest BCUT2D eigenvalue weighted by Gasteiger charge is -1.89. The van der Waals surface area contributed by atoms with Gasteiger partial charge in [-0.2, -0.15) is 0 Å². The van der Waals surface area contributed by atoms with Gasteiger partial charge < -0.3 is 21.2 Å². The predicted octanol–water partition coefficient (Wildman–Crippen LogP) is -0.649. The molecule has 0 unspecified atom stereocenters. The summed E-state index contributed by atoms with van der Waals surface area (Å²) in [6, 6.07) is 0. The van der Waals surface area contributed by atoms with E-state index in [1.54, 1.807) is 0 Å². The molecule has 0 aromatic carbocycles. The second-order valence-corrected chi connectivity index (χ2v) is 1.60. The van der Waals surface area contributed by atoms with Crippen molar-refractivity contribution in [2.24, 2.45) is 10.9 Å². The highest BCUT2D eigenvalue weighted by atomic mass is 16.5. The van der Waals surface area contributed by atoms with Crippen LogP contribution < -0.4 is 11.5 Å². The molecule has 0 amide bonds. The van der Waals surface area contributed by atoms with Gasteiger partial charge in [0.15, 0.2) is 11.7 Å². The molecule has 10 heavy (non-hydrogen) atoms. The first kappa shape index (κ1) is 6.40. The molecule has 0 bridgehead atoms. The van der Waals surface area contributed by atoms with E-state index in [0.717, 1.165) is 0 Å². The van der Waals surface area contributed by atoms with Crippen LogP contribution in [0.2, 0.25) is 0 Å². The van der Waals surface area contributed by atoms with E-state index in [2.05, 4.69) is 14.8 Å². The number of nitrogens with two attached hydrogens (primary N) is 2. The zero-order valence-electron chi connectivity index (χ0n) is 4.98. The molecule has 0 atom stereocenters. The summed E-state index contributed by atoms with van der Waals surface area (Å²) in [7, 11) is 0. The summed E-state index contributed by atoms with van der Waals surface area (Å²) in [5.74, 6) is -0.00551. The number of aromatic nitrogens is 1. The van der Waals surface area contributed by atoms with Gasteiger partial charge in [-0.25, -0.2) is 0 Å². The average Bonchev–Trinajstić information content (AvgIpc) is 2.34. The molecule has 0 saturated heterocycles. The third-order valence-electron chi connectivity index (χ3n) is 0.981. The number of oxime groups is 1. The van der Waals surface area contributed by atoms with E-state index in [0.29, 0.717) is 5.56 Å². The van der Waals surface area contributed by atoms with Gasteiger partial charge in [-0.1, -0.05) is 10.3 Å². The van der Waals surface area contributed by atoms with Crippen molar-refractivity contribution in [1.82, 2.24) is 5.16 Å². The van der Waals surface area contributed by atoms with Crippen LogP contribution in [-0.2, 0) is 0 Å². The van der Waals surface area contributed by atoms with Crippen LogP contribution >= 0.6 is 0 Å². The Morgan fingerprint density at radius 3 is 2.90 bits per heavy atom. The summed E-state index contributed by atoms with van der Waals surface area (Å²) in [4.78, 5) is 0. The molecule has 0 radical (unpaired) electrons. The molecule has 5 N–H and O–H groups in total. The molecule has 0 aliphatic rings. The third-order valence-corrected chi connectivity index (χ3v) is 0.981. The van der Waals surface area contributed by atoms with Gasteiger partial charge in [0.05, 0.1) is 0 Å². The normalized spacial score (nSPS) is 11.8. The van der Waals surface area contributed by atoms with Gasteiger partial charge in [0.1, 0.15) is 11.8 Å². The largest absolute Gasteiger partial charge is 0.409 e. The Morgan fingerprint density at radius 2 is 2.50 bits per heavy atom. The van der Waals surface area contributed by atoms with E-state index >= 15 is 0 Å². The Kier molecular flexibility index (Phi) is 1.44. The Morgan fingerprint density at radius 1 is 1.80 bits per heavy atom. The van der Waals surface area contributed by atoms with Crippen LogP contribution in [-0.4, -0.2) is 16.2 Å². The maximum Gasteiger partial charge on any atom is 0.177 e. The Bertz CT molecular complexity index is 254. The SMILES string of the molecule is N/C(=N\O)c1conc1N. The maximum atomic E-state index is 8.17. The van der Waals surface area contributed by atoms with E-state index in [9.17, 15) is 0 Å². The predicted molar refractivity (Wildman–Crippen MR) is 33.4 cm³/mol. The molecule has 1 aromatic rings. The van der Waals surface area contributed by atoms with Crippen molar-refractivity contribution in [2.45, 2.75) is 0 Å². The van der Waals surface area contributed by atoms with Crippen LogP contribution in [0.5, 0.6) is 0 Å². The van der Waals surface area contributed by atoms with Crippen molar-refractivity contribution in [3.8, 4) is 0 Å². The minimum absolute atomic E-state index is 0.107. The van der Waals surface area contributed by atoms with Crippen molar-refractivity contribution in [3.63, 3.8) is 0 Å². The van der Waals surface area contributed by atoms with Crippen molar-refractivity contribution in [1.29, 1.82) is 0 Å². The number of hydrogen-bond donors (Lipinski definition) is 3. The van der Waals surface area contributed by atoms with E-state index in [1.807, 2.05) is 0 Å². The molecule has 1 rings (SSSR count). The quantitative estimate of drug-likeness (QED) is 0.209. The Labute approximate surface area is 56.1 Å². The van der Waals surface area contributed by atoms with Crippen molar-refractivity contribution >= 4 is 11.7 Å². The van der Waals surface area contributed by atoms with E-state index in [4.69, 9.17) is 16.7 Å². The topological polar surface area (TPSA) is 111 Å². The second kappa shape index (κ2) is 2.26. The lowest BCUT2D eigenvalue weighted by Crippen LogP contribution is -2.13. The number of nitrogens with zero attached hydrogens (tertiary/aromatic N) is 2. The summed E-state index contributed by atoms with van der Waals surface area (Å²) < 4.78 is 4.42. The molecule has 0 aliphatic heterocycles. The number of nitrogen functional groups attached to an aromatic ring is 1. The average molecular weight is 142 g/mol. The highest BCUT2D eigenvalue weighted by Crippen LogP contribution is 2.06. The fourth-order valence-corrected chi connectivity index (χ4v) is 0.491. The van der Waals surface area contributed by atoms with Gasteiger partial charge in [0, 0.05) is 0 Å². The maximum absolute atomic E-state index is 8.17. The van der Waals surface area contributed by atoms with Crippen LogP contribution in [0.15, 0.2) is 15.9 Å². The molecule has 1 aromatic heterocycles. The summed E-state index contributed by atoms with van der Waals surface area (Å²) in [6.45, 7) is 0. The highest BCUT2D eigenvalue weighted by molar-refractivity contribution is 6.00. The summed E-state index contributed by atoms with van der Waals surface area (Å²) >= 11 is 0. The van der Waals surface area contributed by atoms with Gasteiger partial charge in [-0.05, 0) is 0 Å². The lowest BCUT2D eigenvalue weighted by atomic mass is 10.3. The van der Waals surface area contributed by atoms with Gasteiger partial charge in [-0.3, -0.25) is 0 Å². The summed E-state index contributed by atoms with van der Waals surface area (Å²) in [5, 5.41) is 14.2. The summed E-state index contributed by atoms with van der Waals surface area (Å²) in [6.07, 6.45) is 1.20.